The van der Waals surface area contributed by atoms with Crippen LogP contribution >= 0.6 is 0 Å². The molecule has 0 atom stereocenters. The van der Waals surface area contributed by atoms with Crippen LogP contribution in [0.1, 0.15) is 0 Å². The SMILES string of the molecule is c1ccc([Si](c2ccccc2)(c2ccccc2)c2ccc(-n3c4ccccc4c4cc(-n5c6ccccc6c6cc(-c7ccc8c(c7)oc7ccccc78)ccc65)ccc43)cc2)cc1. The van der Waals surface area contributed by atoms with Gasteiger partial charge in [-0.05, 0) is 105 Å². The van der Waals surface area contributed by atoms with Gasteiger partial charge in [0.05, 0.1) is 22.1 Å². The number of aromatic nitrogens is 2. The van der Waals surface area contributed by atoms with Gasteiger partial charge in [-0.1, -0.05) is 170 Å². The van der Waals surface area contributed by atoms with Crippen LogP contribution in [0.5, 0.6) is 0 Å². The van der Waals surface area contributed by atoms with Gasteiger partial charge < -0.3 is 13.6 Å². The van der Waals surface area contributed by atoms with Crippen LogP contribution < -0.4 is 20.7 Å². The summed E-state index contributed by atoms with van der Waals surface area (Å²) in [4.78, 5) is 0. The van der Waals surface area contributed by atoms with E-state index in [1.54, 1.807) is 0 Å². The Morgan fingerprint density at radius 1 is 0.266 bits per heavy atom. The summed E-state index contributed by atoms with van der Waals surface area (Å²) in [6, 6.07) is 89.2. The van der Waals surface area contributed by atoms with Crippen molar-refractivity contribution in [2.45, 2.75) is 0 Å². The van der Waals surface area contributed by atoms with Crippen LogP contribution in [0.15, 0.2) is 247 Å². The third kappa shape index (κ3) is 5.46. The van der Waals surface area contributed by atoms with Gasteiger partial charge in [0.15, 0.2) is 8.07 Å². The Hall–Kier alpha value is -8.18. The second-order valence-electron chi connectivity index (χ2n) is 16.8. The Kier molecular flexibility index (Phi) is 8.23. The Labute approximate surface area is 371 Å². The highest BCUT2D eigenvalue weighted by Crippen LogP contribution is 2.39. The van der Waals surface area contributed by atoms with Gasteiger partial charge in [-0.2, -0.15) is 0 Å². The van der Waals surface area contributed by atoms with Gasteiger partial charge in [0.1, 0.15) is 11.2 Å². The van der Waals surface area contributed by atoms with Crippen LogP contribution in [0.2, 0.25) is 0 Å². The monoisotopic (exact) mass is 832 g/mol. The van der Waals surface area contributed by atoms with Crippen molar-refractivity contribution in [1.82, 2.24) is 9.13 Å². The molecule has 0 saturated carbocycles. The number of nitrogens with zero attached hydrogens (tertiary/aromatic N) is 2. The summed E-state index contributed by atoms with van der Waals surface area (Å²) in [6.07, 6.45) is 0. The van der Waals surface area contributed by atoms with E-state index >= 15 is 0 Å². The first-order valence-corrected chi connectivity index (χ1v) is 24.0. The van der Waals surface area contributed by atoms with Gasteiger partial charge in [-0.15, -0.1) is 0 Å². The molecule has 10 aromatic carbocycles. The predicted molar refractivity (Wildman–Crippen MR) is 271 cm³/mol. The maximum absolute atomic E-state index is 6.29. The molecule has 0 bridgehead atoms. The molecule has 0 N–H and O–H groups in total. The lowest BCUT2D eigenvalue weighted by atomic mass is 10.0. The minimum absolute atomic E-state index is 0.908. The Bertz CT molecular complexity index is 3790. The van der Waals surface area contributed by atoms with Gasteiger partial charge in [0.25, 0.3) is 0 Å². The third-order valence-electron chi connectivity index (χ3n) is 13.5. The van der Waals surface area contributed by atoms with Crippen LogP contribution in [-0.2, 0) is 0 Å². The largest absolute Gasteiger partial charge is 0.456 e. The number of rotatable bonds is 7. The number of hydrogen-bond acceptors (Lipinski definition) is 1. The predicted octanol–water partition coefficient (Wildman–Crippen LogP) is 12.8. The van der Waals surface area contributed by atoms with Crippen LogP contribution in [0, 0.1) is 0 Å². The summed E-state index contributed by atoms with van der Waals surface area (Å²) >= 11 is 0. The smallest absolute Gasteiger partial charge is 0.179 e. The first-order chi connectivity index (χ1) is 31.7. The van der Waals surface area contributed by atoms with E-state index in [4.69, 9.17) is 4.42 Å². The number of furan rings is 1. The third-order valence-corrected chi connectivity index (χ3v) is 18.3. The molecule has 0 fully saturated rings. The first kappa shape index (κ1) is 36.5. The van der Waals surface area contributed by atoms with Gasteiger partial charge in [0.2, 0.25) is 0 Å². The average molecular weight is 833 g/mol. The molecule has 4 heteroatoms. The fourth-order valence-corrected chi connectivity index (χ4v) is 15.4. The quantitative estimate of drug-likeness (QED) is 0.116. The summed E-state index contributed by atoms with van der Waals surface area (Å²) < 4.78 is 11.2. The Morgan fingerprint density at radius 2 is 0.688 bits per heavy atom. The minimum atomic E-state index is -2.66. The lowest BCUT2D eigenvalue weighted by Crippen LogP contribution is -2.74. The topological polar surface area (TPSA) is 23.0 Å². The van der Waals surface area contributed by atoms with Crippen molar-refractivity contribution in [3.63, 3.8) is 0 Å². The van der Waals surface area contributed by atoms with E-state index < -0.39 is 8.07 Å². The molecule has 0 spiro atoms. The summed E-state index contributed by atoms with van der Waals surface area (Å²) in [5.74, 6) is 0. The highest BCUT2D eigenvalue weighted by atomic mass is 28.3. The summed E-state index contributed by atoms with van der Waals surface area (Å²) in [5, 5.41) is 12.7. The van der Waals surface area contributed by atoms with Crippen molar-refractivity contribution in [1.29, 1.82) is 0 Å². The molecular weight excluding hydrogens is 793 g/mol. The molecular formula is C60H40N2OSi. The van der Waals surface area contributed by atoms with E-state index in [9.17, 15) is 0 Å². The summed E-state index contributed by atoms with van der Waals surface area (Å²) in [6.45, 7) is 0. The molecule has 0 unspecified atom stereocenters. The number of fused-ring (bicyclic) bond motifs is 9. The Balaban J connectivity index is 0.949. The molecule has 3 heterocycles. The molecule has 0 aliphatic carbocycles. The van der Waals surface area contributed by atoms with Crippen LogP contribution in [0.25, 0.3) is 88.1 Å². The van der Waals surface area contributed by atoms with E-state index in [0.29, 0.717) is 0 Å². The number of hydrogen-bond donors (Lipinski definition) is 0. The average Bonchev–Trinajstić information content (AvgIpc) is 4.02. The minimum Gasteiger partial charge on any atom is -0.456 e. The normalized spacial score (nSPS) is 12.1. The highest BCUT2D eigenvalue weighted by Gasteiger charge is 2.41. The lowest BCUT2D eigenvalue weighted by Gasteiger charge is -2.34. The fourth-order valence-electron chi connectivity index (χ4n) is 10.6. The molecule has 0 amide bonds. The zero-order valence-corrected chi connectivity index (χ0v) is 35.9. The van der Waals surface area contributed by atoms with E-state index in [0.717, 1.165) is 38.9 Å². The molecule has 300 valence electrons. The van der Waals surface area contributed by atoms with Crippen molar-refractivity contribution in [2.24, 2.45) is 0 Å². The molecule has 0 radical (unpaired) electrons. The maximum Gasteiger partial charge on any atom is 0.179 e. The molecule has 64 heavy (non-hydrogen) atoms. The molecule has 0 aliphatic rings. The van der Waals surface area contributed by atoms with Crippen molar-refractivity contribution < 1.29 is 4.42 Å². The molecule has 0 aliphatic heterocycles. The summed E-state index contributed by atoms with van der Waals surface area (Å²) in [5.41, 5.74) is 11.1. The second kappa shape index (κ2) is 14.5. The van der Waals surface area contributed by atoms with Crippen LogP contribution in [-0.4, -0.2) is 17.2 Å². The highest BCUT2D eigenvalue weighted by molar-refractivity contribution is 7.19. The van der Waals surface area contributed by atoms with Crippen molar-refractivity contribution in [3.8, 4) is 22.5 Å². The molecule has 3 aromatic heterocycles. The first-order valence-electron chi connectivity index (χ1n) is 22.0. The summed E-state index contributed by atoms with van der Waals surface area (Å²) in [7, 11) is -2.66. The molecule has 13 rings (SSSR count). The molecule has 13 aromatic rings. The Morgan fingerprint density at radius 3 is 1.31 bits per heavy atom. The van der Waals surface area contributed by atoms with Crippen molar-refractivity contribution in [3.05, 3.63) is 243 Å². The number of benzene rings is 10. The van der Waals surface area contributed by atoms with E-state index in [-0.39, 0.29) is 0 Å². The van der Waals surface area contributed by atoms with E-state index in [1.807, 2.05) is 12.1 Å². The van der Waals surface area contributed by atoms with Crippen molar-refractivity contribution >= 4 is 94.4 Å². The number of para-hydroxylation sites is 3. The lowest BCUT2D eigenvalue weighted by molar-refractivity contribution is 0.669. The van der Waals surface area contributed by atoms with E-state index in [2.05, 4.69) is 240 Å². The van der Waals surface area contributed by atoms with Gasteiger partial charge in [-0.25, -0.2) is 0 Å². The van der Waals surface area contributed by atoms with Gasteiger partial charge in [-0.3, -0.25) is 0 Å². The zero-order valence-electron chi connectivity index (χ0n) is 34.9. The van der Waals surface area contributed by atoms with Crippen molar-refractivity contribution in [2.75, 3.05) is 0 Å². The van der Waals surface area contributed by atoms with Gasteiger partial charge in [0, 0.05) is 43.7 Å². The van der Waals surface area contributed by atoms with Gasteiger partial charge >= 0.3 is 0 Å². The fraction of sp³-hybridized carbons (Fsp3) is 0. The second-order valence-corrected chi connectivity index (χ2v) is 20.7. The molecule has 0 saturated heterocycles. The van der Waals surface area contributed by atoms with Crippen LogP contribution in [0.3, 0.4) is 0 Å². The standard InChI is InChI=1S/C60H40N2OSi/c1-4-16-45(17-5-1)64(46-18-6-2-7-19-46,47-20-8-3-9-21-47)48-33-30-43(31-34-48)61-55-25-13-11-23-50(55)54-40-44(32-37-58(54)61)62-56-26-14-10-22-49(56)53-38-41(29-36-57(53)62)42-28-35-52-51-24-12-15-27-59(51)63-60(52)39-42/h1-40H. The zero-order chi connectivity index (χ0) is 42.2. The molecule has 3 nitrogen and oxygen atoms in total. The van der Waals surface area contributed by atoms with E-state index in [1.165, 1.54) is 69.9 Å². The maximum atomic E-state index is 6.29. The van der Waals surface area contributed by atoms with Crippen LogP contribution in [0.4, 0.5) is 0 Å².